The van der Waals surface area contributed by atoms with Crippen LogP contribution in [-0.2, 0) is 0 Å². The number of halogens is 3. The quantitative estimate of drug-likeness (QED) is 0.641. The molecule has 1 aliphatic rings. The Balaban J connectivity index is 1.72. The summed E-state index contributed by atoms with van der Waals surface area (Å²) < 4.78 is 41.0. The summed E-state index contributed by atoms with van der Waals surface area (Å²) in [5.74, 6) is -2.90. The molecule has 0 radical (unpaired) electrons. The summed E-state index contributed by atoms with van der Waals surface area (Å²) in [5.41, 5.74) is 3.33. The summed E-state index contributed by atoms with van der Waals surface area (Å²) in [4.78, 5) is 14.0. The minimum Gasteiger partial charge on any atom is -0.369 e. The smallest absolute Gasteiger partial charge is 0.274 e. The largest absolute Gasteiger partial charge is 0.369 e. The minimum atomic E-state index is -0.975. The zero-order valence-electron chi connectivity index (χ0n) is 14.9. The van der Waals surface area contributed by atoms with Gasteiger partial charge in [0.1, 0.15) is 17.5 Å². The highest BCUT2D eigenvalue weighted by atomic mass is 19.1. The van der Waals surface area contributed by atoms with Crippen LogP contribution in [0.5, 0.6) is 0 Å². The van der Waals surface area contributed by atoms with Crippen molar-refractivity contribution in [1.82, 2.24) is 5.43 Å². The molecule has 0 aromatic heterocycles. The van der Waals surface area contributed by atoms with E-state index < -0.39 is 17.5 Å². The van der Waals surface area contributed by atoms with Gasteiger partial charge in [-0.2, -0.15) is 5.10 Å². The first-order valence-electron chi connectivity index (χ1n) is 8.80. The van der Waals surface area contributed by atoms with Crippen LogP contribution in [0.2, 0.25) is 0 Å². The molecule has 27 heavy (non-hydrogen) atoms. The Hall–Kier alpha value is -2.83. The van der Waals surface area contributed by atoms with E-state index in [4.69, 9.17) is 0 Å². The lowest BCUT2D eigenvalue weighted by molar-refractivity contribution is 0.0950. The number of rotatable bonds is 4. The van der Waals surface area contributed by atoms with Crippen LogP contribution in [0.4, 0.5) is 18.9 Å². The van der Waals surface area contributed by atoms with Gasteiger partial charge in [-0.05, 0) is 50.5 Å². The number of hydrazone groups is 1. The van der Waals surface area contributed by atoms with Gasteiger partial charge in [0, 0.05) is 24.7 Å². The molecule has 0 aliphatic carbocycles. The molecule has 1 saturated heterocycles. The third-order valence-electron chi connectivity index (χ3n) is 4.56. The molecule has 0 atom stereocenters. The molecule has 0 saturated carbocycles. The maximum Gasteiger partial charge on any atom is 0.274 e. The van der Waals surface area contributed by atoms with E-state index in [0.29, 0.717) is 23.0 Å². The molecule has 1 fully saturated rings. The van der Waals surface area contributed by atoms with Crippen molar-refractivity contribution in [3.8, 4) is 0 Å². The summed E-state index contributed by atoms with van der Waals surface area (Å²) in [7, 11) is 0. The fourth-order valence-electron chi connectivity index (χ4n) is 3.06. The fraction of sp³-hybridized carbons (Fsp3) is 0.300. The van der Waals surface area contributed by atoms with Crippen LogP contribution in [0.1, 0.15) is 42.1 Å². The molecule has 1 amide bonds. The Morgan fingerprint density at radius 3 is 2.41 bits per heavy atom. The molecule has 0 unspecified atom stereocenters. The van der Waals surface area contributed by atoms with Crippen molar-refractivity contribution < 1.29 is 18.0 Å². The van der Waals surface area contributed by atoms with E-state index in [0.717, 1.165) is 44.5 Å². The van der Waals surface area contributed by atoms with Crippen LogP contribution in [0, 0.1) is 17.5 Å². The summed E-state index contributed by atoms with van der Waals surface area (Å²) in [5, 5.41) is 3.89. The van der Waals surface area contributed by atoms with Crippen LogP contribution in [0.3, 0.4) is 0 Å². The van der Waals surface area contributed by atoms with Crippen molar-refractivity contribution in [1.29, 1.82) is 0 Å². The average Bonchev–Trinajstić information content (AvgIpc) is 2.66. The molecule has 1 N–H and O–H groups in total. The van der Waals surface area contributed by atoms with E-state index in [1.807, 2.05) is 4.90 Å². The average molecular weight is 375 g/mol. The Kier molecular flexibility index (Phi) is 5.78. The predicted molar refractivity (Wildman–Crippen MR) is 98.5 cm³/mol. The number of hydrogen-bond acceptors (Lipinski definition) is 3. The molecule has 3 rings (SSSR count). The van der Waals surface area contributed by atoms with Gasteiger partial charge >= 0.3 is 0 Å². The van der Waals surface area contributed by atoms with Gasteiger partial charge in [0.05, 0.1) is 17.0 Å². The van der Waals surface area contributed by atoms with Crippen molar-refractivity contribution in [2.24, 2.45) is 5.10 Å². The Labute approximate surface area is 155 Å². The highest BCUT2D eigenvalue weighted by Crippen LogP contribution is 2.24. The van der Waals surface area contributed by atoms with E-state index in [9.17, 15) is 18.0 Å². The van der Waals surface area contributed by atoms with Crippen LogP contribution in [0.25, 0.3) is 0 Å². The van der Waals surface area contributed by atoms with Crippen molar-refractivity contribution in [2.45, 2.75) is 26.2 Å². The molecule has 142 valence electrons. The highest BCUT2D eigenvalue weighted by molar-refractivity contribution is 6.01. The molecular weight excluding hydrogens is 355 g/mol. The lowest BCUT2D eigenvalue weighted by atomic mass is 10.1. The number of anilines is 1. The monoisotopic (exact) mass is 375 g/mol. The summed E-state index contributed by atoms with van der Waals surface area (Å²) in [6.45, 7) is 3.28. The van der Waals surface area contributed by atoms with Gasteiger partial charge in [-0.3, -0.25) is 4.79 Å². The van der Waals surface area contributed by atoms with Crippen LogP contribution in [-0.4, -0.2) is 24.7 Å². The zero-order valence-corrected chi connectivity index (χ0v) is 14.9. The molecule has 0 spiro atoms. The molecule has 7 heteroatoms. The second-order valence-corrected chi connectivity index (χ2v) is 6.48. The molecule has 4 nitrogen and oxygen atoms in total. The predicted octanol–water partition coefficient (Wildman–Crippen LogP) is 4.25. The van der Waals surface area contributed by atoms with Gasteiger partial charge in [0.15, 0.2) is 0 Å². The summed E-state index contributed by atoms with van der Waals surface area (Å²) in [6.07, 6.45) is 3.26. The van der Waals surface area contributed by atoms with Crippen LogP contribution < -0.4 is 10.3 Å². The standard InChI is InChI=1S/C20H20F3N3O/c1-13(24-25-20(27)16-7-6-15(21)12-17(16)22)14-5-8-19(18(23)11-14)26-9-3-2-4-10-26/h5-8,11-12H,2-4,9-10H2,1H3,(H,25,27)/b24-13+. The summed E-state index contributed by atoms with van der Waals surface area (Å²) in [6, 6.07) is 7.46. The number of carbonyl (C=O) groups is 1. The Bertz CT molecular complexity index is 877. The molecular formula is C20H20F3N3O. The molecule has 0 bridgehead atoms. The third kappa shape index (κ3) is 4.48. The molecule has 2 aromatic rings. The maximum atomic E-state index is 14.5. The van der Waals surface area contributed by atoms with E-state index in [1.54, 1.807) is 19.1 Å². The van der Waals surface area contributed by atoms with Gasteiger partial charge in [-0.1, -0.05) is 6.07 Å². The van der Waals surface area contributed by atoms with Crippen LogP contribution in [0.15, 0.2) is 41.5 Å². The SMILES string of the molecule is C/C(=N\NC(=O)c1ccc(F)cc1F)c1ccc(N2CCCCC2)c(F)c1. The summed E-state index contributed by atoms with van der Waals surface area (Å²) >= 11 is 0. The number of hydrogen-bond donors (Lipinski definition) is 1. The molecule has 1 aliphatic heterocycles. The van der Waals surface area contributed by atoms with Gasteiger partial charge in [-0.25, -0.2) is 18.6 Å². The number of nitrogens with zero attached hydrogens (tertiary/aromatic N) is 2. The number of benzene rings is 2. The maximum absolute atomic E-state index is 14.5. The van der Waals surface area contributed by atoms with E-state index >= 15 is 0 Å². The van der Waals surface area contributed by atoms with E-state index in [2.05, 4.69) is 10.5 Å². The van der Waals surface area contributed by atoms with Gasteiger partial charge < -0.3 is 4.90 Å². The number of piperidine rings is 1. The Morgan fingerprint density at radius 2 is 1.74 bits per heavy atom. The van der Waals surface area contributed by atoms with Crippen molar-refractivity contribution in [2.75, 3.05) is 18.0 Å². The fourth-order valence-corrected chi connectivity index (χ4v) is 3.06. The van der Waals surface area contributed by atoms with Gasteiger partial charge in [0.25, 0.3) is 5.91 Å². The second-order valence-electron chi connectivity index (χ2n) is 6.48. The lowest BCUT2D eigenvalue weighted by Crippen LogP contribution is -2.30. The van der Waals surface area contributed by atoms with E-state index in [-0.39, 0.29) is 11.4 Å². The highest BCUT2D eigenvalue weighted by Gasteiger charge is 2.16. The normalized spacial score (nSPS) is 15.0. The van der Waals surface area contributed by atoms with Crippen LogP contribution >= 0.6 is 0 Å². The third-order valence-corrected chi connectivity index (χ3v) is 4.56. The Morgan fingerprint density at radius 1 is 1.00 bits per heavy atom. The zero-order chi connectivity index (χ0) is 19.4. The molecule has 2 aromatic carbocycles. The topological polar surface area (TPSA) is 44.7 Å². The number of nitrogens with one attached hydrogen (secondary N) is 1. The lowest BCUT2D eigenvalue weighted by Gasteiger charge is -2.29. The second kappa shape index (κ2) is 8.24. The van der Waals surface area contributed by atoms with Crippen molar-refractivity contribution in [3.05, 3.63) is 65.0 Å². The first kappa shape index (κ1) is 18.9. The number of amides is 1. The van der Waals surface area contributed by atoms with E-state index in [1.165, 1.54) is 6.07 Å². The minimum absolute atomic E-state index is 0.320. The molecule has 1 heterocycles. The van der Waals surface area contributed by atoms with Gasteiger partial charge in [0.2, 0.25) is 0 Å². The first-order chi connectivity index (χ1) is 13.0. The van der Waals surface area contributed by atoms with Crippen molar-refractivity contribution >= 4 is 17.3 Å². The first-order valence-corrected chi connectivity index (χ1v) is 8.80. The van der Waals surface area contributed by atoms with Gasteiger partial charge in [-0.15, -0.1) is 0 Å². The van der Waals surface area contributed by atoms with Crippen molar-refractivity contribution in [3.63, 3.8) is 0 Å². The number of carbonyl (C=O) groups excluding carboxylic acids is 1.